The first-order valence-electron chi connectivity index (χ1n) is 8.21. The summed E-state index contributed by atoms with van der Waals surface area (Å²) in [4.78, 5) is 2.63. The Hall–Kier alpha value is -0.120. The van der Waals surface area contributed by atoms with Crippen LogP contribution < -0.4 is 5.32 Å². The van der Waals surface area contributed by atoms with Gasteiger partial charge in [-0.05, 0) is 38.0 Å². The molecule has 1 aliphatic rings. The van der Waals surface area contributed by atoms with Gasteiger partial charge in [0.15, 0.2) is 0 Å². The van der Waals surface area contributed by atoms with Gasteiger partial charge in [0.1, 0.15) is 0 Å². The van der Waals surface area contributed by atoms with E-state index in [0.717, 1.165) is 13.0 Å². The van der Waals surface area contributed by atoms with Crippen LogP contribution in [0.1, 0.15) is 59.8 Å². The van der Waals surface area contributed by atoms with E-state index in [4.69, 9.17) is 0 Å². The van der Waals surface area contributed by atoms with Crippen molar-refractivity contribution in [3.05, 3.63) is 0 Å². The Labute approximate surface area is 119 Å². The molecule has 0 heterocycles. The Morgan fingerprint density at radius 3 is 2.26 bits per heavy atom. The van der Waals surface area contributed by atoms with Crippen LogP contribution in [0.5, 0.6) is 0 Å². The van der Waals surface area contributed by atoms with Crippen LogP contribution in [-0.2, 0) is 0 Å². The van der Waals surface area contributed by atoms with Crippen LogP contribution in [0.25, 0.3) is 0 Å². The molecular formula is C16H34N2O. The third kappa shape index (κ3) is 6.73. The smallest absolute Gasteiger partial charge is 0.0585 e. The van der Waals surface area contributed by atoms with E-state index in [0.29, 0.717) is 18.0 Å². The summed E-state index contributed by atoms with van der Waals surface area (Å²) in [6.45, 7) is 11.7. The summed E-state index contributed by atoms with van der Waals surface area (Å²) in [7, 11) is 0. The SMILES string of the molecule is CCC(CC)N(CCC(CO)NC1CC1)CC(C)C. The molecule has 3 nitrogen and oxygen atoms in total. The third-order valence-electron chi connectivity index (χ3n) is 4.09. The second-order valence-corrected chi connectivity index (χ2v) is 6.47. The zero-order valence-electron chi connectivity index (χ0n) is 13.4. The number of nitrogens with one attached hydrogen (secondary N) is 1. The summed E-state index contributed by atoms with van der Waals surface area (Å²) in [5, 5.41) is 13.0. The van der Waals surface area contributed by atoms with Gasteiger partial charge >= 0.3 is 0 Å². The first-order valence-corrected chi connectivity index (χ1v) is 8.21. The predicted molar refractivity (Wildman–Crippen MR) is 82.4 cm³/mol. The highest BCUT2D eigenvalue weighted by Crippen LogP contribution is 2.20. The maximum atomic E-state index is 9.47. The van der Waals surface area contributed by atoms with E-state index in [2.05, 4.69) is 37.9 Å². The van der Waals surface area contributed by atoms with Gasteiger partial charge in [-0.15, -0.1) is 0 Å². The Morgan fingerprint density at radius 1 is 1.21 bits per heavy atom. The van der Waals surface area contributed by atoms with Crippen molar-refractivity contribution < 1.29 is 5.11 Å². The quantitative estimate of drug-likeness (QED) is 0.606. The summed E-state index contributed by atoms with van der Waals surface area (Å²) in [5.41, 5.74) is 0. The van der Waals surface area contributed by atoms with E-state index < -0.39 is 0 Å². The maximum Gasteiger partial charge on any atom is 0.0585 e. The topological polar surface area (TPSA) is 35.5 Å². The average Bonchev–Trinajstić information content (AvgIpc) is 3.18. The standard InChI is InChI=1S/C16H34N2O/c1-5-16(6-2)18(11-13(3)4)10-9-15(12-19)17-14-7-8-14/h13-17,19H,5-12H2,1-4H3. The summed E-state index contributed by atoms with van der Waals surface area (Å²) in [6, 6.07) is 1.67. The Morgan fingerprint density at radius 2 is 1.84 bits per heavy atom. The van der Waals surface area contributed by atoms with Crippen molar-refractivity contribution in [1.29, 1.82) is 0 Å². The van der Waals surface area contributed by atoms with E-state index in [1.807, 2.05) is 0 Å². The average molecular weight is 270 g/mol. The van der Waals surface area contributed by atoms with Gasteiger partial charge in [0.2, 0.25) is 0 Å². The van der Waals surface area contributed by atoms with Gasteiger partial charge in [-0.2, -0.15) is 0 Å². The zero-order valence-corrected chi connectivity index (χ0v) is 13.4. The highest BCUT2D eigenvalue weighted by molar-refractivity contribution is 4.85. The van der Waals surface area contributed by atoms with Crippen LogP contribution >= 0.6 is 0 Å². The van der Waals surface area contributed by atoms with Crippen LogP contribution in [0.2, 0.25) is 0 Å². The molecular weight excluding hydrogens is 236 g/mol. The highest BCUT2D eigenvalue weighted by Gasteiger charge is 2.25. The monoisotopic (exact) mass is 270 g/mol. The van der Waals surface area contributed by atoms with E-state index in [9.17, 15) is 5.11 Å². The van der Waals surface area contributed by atoms with Crippen LogP contribution in [0.3, 0.4) is 0 Å². The number of hydrogen-bond acceptors (Lipinski definition) is 3. The lowest BCUT2D eigenvalue weighted by atomic mass is 10.1. The van der Waals surface area contributed by atoms with Gasteiger partial charge in [-0.25, -0.2) is 0 Å². The molecule has 1 rings (SSSR count). The molecule has 0 bridgehead atoms. The minimum absolute atomic E-state index is 0.273. The zero-order chi connectivity index (χ0) is 14.3. The van der Waals surface area contributed by atoms with Crippen molar-refractivity contribution in [2.75, 3.05) is 19.7 Å². The van der Waals surface area contributed by atoms with Crippen LogP contribution in [0, 0.1) is 5.92 Å². The lowest BCUT2D eigenvalue weighted by Gasteiger charge is -2.33. The third-order valence-corrected chi connectivity index (χ3v) is 4.09. The molecule has 1 atom stereocenters. The second kappa shape index (κ2) is 8.93. The lowest BCUT2D eigenvalue weighted by Crippen LogP contribution is -2.42. The lowest BCUT2D eigenvalue weighted by molar-refractivity contribution is 0.146. The summed E-state index contributed by atoms with van der Waals surface area (Å²) in [5.74, 6) is 0.713. The molecule has 0 amide bonds. The molecule has 1 aliphatic carbocycles. The Balaban J connectivity index is 2.40. The molecule has 3 heteroatoms. The maximum absolute atomic E-state index is 9.47. The molecule has 0 spiro atoms. The molecule has 0 aliphatic heterocycles. The number of aliphatic hydroxyl groups is 1. The highest BCUT2D eigenvalue weighted by atomic mass is 16.3. The molecule has 1 fully saturated rings. The van der Waals surface area contributed by atoms with Gasteiger partial charge < -0.3 is 15.3 Å². The number of hydrogen-bond donors (Lipinski definition) is 2. The van der Waals surface area contributed by atoms with Crippen LogP contribution in [0.15, 0.2) is 0 Å². The van der Waals surface area contributed by atoms with Gasteiger partial charge in [-0.3, -0.25) is 0 Å². The van der Waals surface area contributed by atoms with Crippen LogP contribution in [0.4, 0.5) is 0 Å². The van der Waals surface area contributed by atoms with Crippen molar-refractivity contribution in [2.24, 2.45) is 5.92 Å². The minimum Gasteiger partial charge on any atom is -0.395 e. The molecule has 0 aromatic rings. The minimum atomic E-state index is 0.273. The molecule has 2 N–H and O–H groups in total. The molecule has 0 radical (unpaired) electrons. The molecule has 1 saturated carbocycles. The second-order valence-electron chi connectivity index (χ2n) is 6.47. The van der Waals surface area contributed by atoms with Crippen LogP contribution in [-0.4, -0.2) is 47.8 Å². The molecule has 114 valence electrons. The first-order chi connectivity index (χ1) is 9.10. The number of nitrogens with zero attached hydrogens (tertiary/aromatic N) is 1. The molecule has 0 saturated heterocycles. The summed E-state index contributed by atoms with van der Waals surface area (Å²) in [6.07, 6.45) is 6.10. The van der Waals surface area contributed by atoms with Crippen molar-refractivity contribution in [2.45, 2.75) is 77.9 Å². The van der Waals surface area contributed by atoms with Gasteiger partial charge in [-0.1, -0.05) is 27.7 Å². The van der Waals surface area contributed by atoms with Gasteiger partial charge in [0.05, 0.1) is 6.61 Å². The molecule has 19 heavy (non-hydrogen) atoms. The number of rotatable bonds is 11. The van der Waals surface area contributed by atoms with E-state index in [-0.39, 0.29) is 12.6 Å². The van der Waals surface area contributed by atoms with Crippen molar-refractivity contribution in [1.82, 2.24) is 10.2 Å². The largest absolute Gasteiger partial charge is 0.395 e. The molecule has 0 aromatic carbocycles. The van der Waals surface area contributed by atoms with Crippen molar-refractivity contribution in [3.8, 4) is 0 Å². The molecule has 0 aromatic heterocycles. The first kappa shape index (κ1) is 16.9. The normalized spacial score (nSPS) is 17.7. The predicted octanol–water partition coefficient (Wildman–Crippen LogP) is 2.64. The summed E-state index contributed by atoms with van der Waals surface area (Å²) < 4.78 is 0. The van der Waals surface area contributed by atoms with Gasteiger partial charge in [0.25, 0.3) is 0 Å². The van der Waals surface area contributed by atoms with E-state index in [1.54, 1.807) is 0 Å². The summed E-state index contributed by atoms with van der Waals surface area (Å²) >= 11 is 0. The van der Waals surface area contributed by atoms with Crippen molar-refractivity contribution >= 4 is 0 Å². The van der Waals surface area contributed by atoms with E-state index in [1.165, 1.54) is 32.2 Å². The van der Waals surface area contributed by atoms with Crippen molar-refractivity contribution in [3.63, 3.8) is 0 Å². The fourth-order valence-electron chi connectivity index (χ4n) is 2.83. The fourth-order valence-corrected chi connectivity index (χ4v) is 2.83. The number of aliphatic hydroxyl groups excluding tert-OH is 1. The van der Waals surface area contributed by atoms with E-state index >= 15 is 0 Å². The van der Waals surface area contributed by atoms with Gasteiger partial charge in [0, 0.05) is 31.2 Å². The fraction of sp³-hybridized carbons (Fsp3) is 1.00. The molecule has 1 unspecified atom stereocenters. The Kier molecular flexibility index (Phi) is 7.96. The Bertz CT molecular complexity index is 225.